The lowest BCUT2D eigenvalue weighted by Crippen LogP contribution is -2.21. The second kappa shape index (κ2) is 6.38. The van der Waals surface area contributed by atoms with Gasteiger partial charge in [0.15, 0.2) is 0 Å². The summed E-state index contributed by atoms with van der Waals surface area (Å²) in [6.07, 6.45) is 0.986. The Hall–Kier alpha value is -1.38. The van der Waals surface area contributed by atoms with Crippen molar-refractivity contribution in [1.82, 2.24) is 0 Å². The largest absolute Gasteiger partial charge is 0.491 e. The fraction of sp³-hybridized carbons (Fsp3) is 0.571. The standard InChI is InChI=1S/C14H24N2O/c1-5-8-17-14-9-12(6-7-13(14)15)16-11(4)10(2)3/h6-7,9-11,16H,5,8,15H2,1-4H3. The van der Waals surface area contributed by atoms with Gasteiger partial charge >= 0.3 is 0 Å². The maximum Gasteiger partial charge on any atom is 0.144 e. The predicted molar refractivity (Wildman–Crippen MR) is 74.6 cm³/mol. The van der Waals surface area contributed by atoms with Crippen molar-refractivity contribution in [1.29, 1.82) is 0 Å². The summed E-state index contributed by atoms with van der Waals surface area (Å²) in [5, 5.41) is 3.45. The number of nitrogens with two attached hydrogens (primary N) is 1. The molecule has 0 saturated carbocycles. The third kappa shape index (κ3) is 4.17. The molecule has 96 valence electrons. The van der Waals surface area contributed by atoms with Crippen LogP contribution in [0.4, 0.5) is 11.4 Å². The number of nitrogens with one attached hydrogen (secondary N) is 1. The van der Waals surface area contributed by atoms with E-state index in [0.29, 0.717) is 24.3 Å². The molecule has 0 aliphatic carbocycles. The zero-order valence-electron chi connectivity index (χ0n) is 11.3. The molecule has 0 saturated heterocycles. The van der Waals surface area contributed by atoms with E-state index in [1.54, 1.807) is 0 Å². The van der Waals surface area contributed by atoms with Crippen molar-refractivity contribution in [3.63, 3.8) is 0 Å². The summed E-state index contributed by atoms with van der Waals surface area (Å²) in [5.74, 6) is 1.36. The number of rotatable bonds is 6. The van der Waals surface area contributed by atoms with Crippen LogP contribution in [0.2, 0.25) is 0 Å². The van der Waals surface area contributed by atoms with Gasteiger partial charge in [0.1, 0.15) is 5.75 Å². The molecular weight excluding hydrogens is 212 g/mol. The summed E-state index contributed by atoms with van der Waals surface area (Å²) < 4.78 is 5.60. The molecule has 3 nitrogen and oxygen atoms in total. The van der Waals surface area contributed by atoms with E-state index in [-0.39, 0.29) is 0 Å². The normalized spacial score (nSPS) is 12.5. The van der Waals surface area contributed by atoms with Crippen LogP contribution in [0.1, 0.15) is 34.1 Å². The Bertz CT molecular complexity index is 350. The van der Waals surface area contributed by atoms with Gasteiger partial charge < -0.3 is 15.8 Å². The maximum absolute atomic E-state index is 5.87. The molecule has 3 heteroatoms. The summed E-state index contributed by atoms with van der Waals surface area (Å²) in [5.41, 5.74) is 7.63. The van der Waals surface area contributed by atoms with Crippen LogP contribution in [0.5, 0.6) is 5.75 Å². The van der Waals surface area contributed by atoms with Gasteiger partial charge in [-0.15, -0.1) is 0 Å². The lowest BCUT2D eigenvalue weighted by Gasteiger charge is -2.19. The summed E-state index contributed by atoms with van der Waals surface area (Å²) in [6.45, 7) is 9.35. The van der Waals surface area contributed by atoms with E-state index in [4.69, 9.17) is 10.5 Å². The Kier molecular flexibility index (Phi) is 5.13. The predicted octanol–water partition coefficient (Wildman–Crippen LogP) is 3.51. The monoisotopic (exact) mass is 236 g/mol. The topological polar surface area (TPSA) is 47.3 Å². The number of ether oxygens (including phenoxy) is 1. The van der Waals surface area contributed by atoms with Crippen molar-refractivity contribution in [2.45, 2.75) is 40.2 Å². The maximum atomic E-state index is 5.87. The van der Waals surface area contributed by atoms with Crippen LogP contribution in [0.15, 0.2) is 18.2 Å². The van der Waals surface area contributed by atoms with Crippen LogP contribution in [0.25, 0.3) is 0 Å². The second-order valence-corrected chi connectivity index (χ2v) is 4.78. The van der Waals surface area contributed by atoms with E-state index in [9.17, 15) is 0 Å². The summed E-state index contributed by atoms with van der Waals surface area (Å²) >= 11 is 0. The minimum atomic E-state index is 0.428. The molecule has 0 fully saturated rings. The van der Waals surface area contributed by atoms with Gasteiger partial charge in [0.2, 0.25) is 0 Å². The van der Waals surface area contributed by atoms with E-state index in [2.05, 4.69) is 33.0 Å². The first-order chi connectivity index (χ1) is 8.04. The molecular formula is C14H24N2O. The molecule has 0 bridgehead atoms. The van der Waals surface area contributed by atoms with Gasteiger partial charge in [-0.1, -0.05) is 20.8 Å². The van der Waals surface area contributed by atoms with Crippen molar-refractivity contribution >= 4 is 11.4 Å². The van der Waals surface area contributed by atoms with Crippen LogP contribution < -0.4 is 15.8 Å². The van der Waals surface area contributed by atoms with Crippen molar-refractivity contribution in [2.75, 3.05) is 17.7 Å². The molecule has 1 aromatic carbocycles. The number of hydrogen-bond acceptors (Lipinski definition) is 3. The Morgan fingerprint density at radius 2 is 2.00 bits per heavy atom. The Labute approximate surface area is 104 Å². The van der Waals surface area contributed by atoms with Crippen LogP contribution in [0.3, 0.4) is 0 Å². The van der Waals surface area contributed by atoms with E-state index < -0.39 is 0 Å². The summed E-state index contributed by atoms with van der Waals surface area (Å²) in [7, 11) is 0. The van der Waals surface area contributed by atoms with Gasteiger partial charge in [-0.05, 0) is 31.4 Å². The lowest BCUT2D eigenvalue weighted by atomic mass is 10.1. The first kappa shape index (κ1) is 13.7. The van der Waals surface area contributed by atoms with Gasteiger partial charge in [0, 0.05) is 17.8 Å². The molecule has 1 aromatic rings. The van der Waals surface area contributed by atoms with Crippen LogP contribution in [-0.2, 0) is 0 Å². The minimum absolute atomic E-state index is 0.428. The highest BCUT2D eigenvalue weighted by atomic mass is 16.5. The Morgan fingerprint density at radius 3 is 2.59 bits per heavy atom. The third-order valence-electron chi connectivity index (χ3n) is 2.87. The highest BCUT2D eigenvalue weighted by Crippen LogP contribution is 2.26. The first-order valence-corrected chi connectivity index (χ1v) is 6.33. The highest BCUT2D eigenvalue weighted by Gasteiger charge is 2.08. The average molecular weight is 236 g/mol. The Morgan fingerprint density at radius 1 is 1.29 bits per heavy atom. The van der Waals surface area contributed by atoms with Crippen molar-refractivity contribution in [3.05, 3.63) is 18.2 Å². The van der Waals surface area contributed by atoms with E-state index in [0.717, 1.165) is 17.9 Å². The molecule has 0 aromatic heterocycles. The molecule has 1 atom stereocenters. The van der Waals surface area contributed by atoms with Crippen LogP contribution >= 0.6 is 0 Å². The first-order valence-electron chi connectivity index (χ1n) is 6.33. The number of nitrogen functional groups attached to an aromatic ring is 1. The molecule has 0 radical (unpaired) electrons. The highest BCUT2D eigenvalue weighted by molar-refractivity contribution is 5.61. The van der Waals surface area contributed by atoms with Crippen molar-refractivity contribution in [3.8, 4) is 5.75 Å². The van der Waals surface area contributed by atoms with Gasteiger partial charge in [-0.2, -0.15) is 0 Å². The van der Waals surface area contributed by atoms with Crippen molar-refractivity contribution in [2.24, 2.45) is 5.92 Å². The van der Waals surface area contributed by atoms with E-state index >= 15 is 0 Å². The average Bonchev–Trinajstić information content (AvgIpc) is 2.29. The second-order valence-electron chi connectivity index (χ2n) is 4.78. The molecule has 0 spiro atoms. The fourth-order valence-electron chi connectivity index (χ4n) is 1.39. The molecule has 1 unspecified atom stereocenters. The number of benzene rings is 1. The van der Waals surface area contributed by atoms with Gasteiger partial charge in [-0.25, -0.2) is 0 Å². The van der Waals surface area contributed by atoms with Gasteiger partial charge in [0.05, 0.1) is 12.3 Å². The minimum Gasteiger partial charge on any atom is -0.491 e. The van der Waals surface area contributed by atoms with Crippen molar-refractivity contribution < 1.29 is 4.74 Å². The molecule has 0 amide bonds. The Balaban J connectivity index is 2.74. The van der Waals surface area contributed by atoms with Crippen LogP contribution in [-0.4, -0.2) is 12.6 Å². The fourth-order valence-corrected chi connectivity index (χ4v) is 1.39. The number of hydrogen-bond donors (Lipinski definition) is 2. The zero-order chi connectivity index (χ0) is 12.8. The number of anilines is 2. The summed E-state index contributed by atoms with van der Waals surface area (Å²) in [6, 6.07) is 6.29. The van der Waals surface area contributed by atoms with E-state index in [1.807, 2.05) is 18.2 Å². The molecule has 3 N–H and O–H groups in total. The smallest absolute Gasteiger partial charge is 0.144 e. The zero-order valence-corrected chi connectivity index (χ0v) is 11.3. The quantitative estimate of drug-likeness (QED) is 0.743. The molecule has 1 rings (SSSR count). The third-order valence-corrected chi connectivity index (χ3v) is 2.87. The summed E-state index contributed by atoms with van der Waals surface area (Å²) in [4.78, 5) is 0. The SMILES string of the molecule is CCCOc1cc(NC(C)C(C)C)ccc1N. The van der Waals surface area contributed by atoms with Crippen LogP contribution in [0, 0.1) is 5.92 Å². The molecule has 0 heterocycles. The lowest BCUT2D eigenvalue weighted by molar-refractivity contribution is 0.319. The van der Waals surface area contributed by atoms with E-state index in [1.165, 1.54) is 0 Å². The van der Waals surface area contributed by atoms with Gasteiger partial charge in [0.25, 0.3) is 0 Å². The van der Waals surface area contributed by atoms with Gasteiger partial charge in [-0.3, -0.25) is 0 Å². The molecule has 0 aliphatic heterocycles. The molecule has 0 aliphatic rings. The molecule has 17 heavy (non-hydrogen) atoms.